The second kappa shape index (κ2) is 6.77. The normalized spacial score (nSPS) is 16.0. The Balaban J connectivity index is 1.80. The molecule has 0 unspecified atom stereocenters. The van der Waals surface area contributed by atoms with E-state index in [1.165, 1.54) is 5.56 Å². The van der Waals surface area contributed by atoms with E-state index in [0.29, 0.717) is 19.3 Å². The number of sulfonamides is 1. The number of ether oxygens (including phenoxy) is 1. The minimum absolute atomic E-state index is 0.304. The van der Waals surface area contributed by atoms with E-state index >= 15 is 0 Å². The van der Waals surface area contributed by atoms with Gasteiger partial charge in [0.2, 0.25) is 16.0 Å². The zero-order valence-electron chi connectivity index (χ0n) is 12.2. The smallest absolute Gasteiger partial charge is 0.232 e. The molecule has 0 radical (unpaired) electrons. The molecule has 116 valence electrons. The van der Waals surface area contributed by atoms with Gasteiger partial charge in [0.1, 0.15) is 5.75 Å². The number of aliphatic imine (C=N–C) groups is 1. The molecule has 0 spiro atoms. The van der Waals surface area contributed by atoms with E-state index in [-0.39, 0.29) is 0 Å². The highest BCUT2D eigenvalue weighted by Crippen LogP contribution is 2.12. The van der Waals surface area contributed by atoms with Crippen molar-refractivity contribution in [2.24, 2.45) is 4.99 Å². The molecule has 1 aromatic rings. The number of methoxy groups -OCH3 is 1. The van der Waals surface area contributed by atoms with Crippen LogP contribution in [0.3, 0.4) is 0 Å². The summed E-state index contributed by atoms with van der Waals surface area (Å²) in [5.74, 6) is 1.15. The van der Waals surface area contributed by atoms with E-state index in [0.717, 1.165) is 25.0 Å². The number of hydrogen-bond acceptors (Lipinski definition) is 6. The van der Waals surface area contributed by atoms with Gasteiger partial charge in [0.05, 0.1) is 26.7 Å². The zero-order chi connectivity index (χ0) is 15.3. The summed E-state index contributed by atoms with van der Waals surface area (Å²) in [5, 5.41) is 2.95. The molecule has 0 atom stereocenters. The van der Waals surface area contributed by atoms with E-state index < -0.39 is 10.0 Å². The van der Waals surface area contributed by atoms with Gasteiger partial charge < -0.3 is 10.1 Å². The molecule has 1 aliphatic heterocycles. The van der Waals surface area contributed by atoms with Gasteiger partial charge in [0.25, 0.3) is 0 Å². The van der Waals surface area contributed by atoms with Crippen molar-refractivity contribution < 1.29 is 13.2 Å². The Bertz CT molecular complexity index is 598. The average Bonchev–Trinajstić information content (AvgIpc) is 2.45. The first-order valence-corrected chi connectivity index (χ1v) is 8.47. The van der Waals surface area contributed by atoms with Crippen molar-refractivity contribution in [2.45, 2.75) is 6.42 Å². The number of nitrogens with zero attached hydrogens (tertiary/aromatic N) is 2. The third-order valence-corrected chi connectivity index (χ3v) is 3.62. The van der Waals surface area contributed by atoms with Crippen molar-refractivity contribution in [2.75, 3.05) is 33.2 Å². The van der Waals surface area contributed by atoms with Crippen LogP contribution in [0.15, 0.2) is 29.3 Å². The first kappa shape index (κ1) is 15.6. The Kier molecular flexibility index (Phi) is 5.03. The van der Waals surface area contributed by atoms with Crippen molar-refractivity contribution in [3.63, 3.8) is 0 Å². The van der Waals surface area contributed by atoms with Gasteiger partial charge in [-0.15, -0.1) is 0 Å². The third-order valence-electron chi connectivity index (χ3n) is 3.06. The van der Waals surface area contributed by atoms with E-state index in [1.54, 1.807) is 7.11 Å². The van der Waals surface area contributed by atoms with Gasteiger partial charge in [-0.3, -0.25) is 9.62 Å². The van der Waals surface area contributed by atoms with Gasteiger partial charge in [-0.25, -0.2) is 13.4 Å². The van der Waals surface area contributed by atoms with Crippen LogP contribution in [0.5, 0.6) is 5.75 Å². The van der Waals surface area contributed by atoms with Crippen LogP contribution in [-0.4, -0.2) is 52.5 Å². The minimum Gasteiger partial charge on any atom is -0.497 e. The van der Waals surface area contributed by atoms with Crippen LogP contribution in [0.4, 0.5) is 0 Å². The predicted octanol–water partition coefficient (Wildman–Crippen LogP) is -0.0369. The second-order valence-electron chi connectivity index (χ2n) is 4.85. The first-order valence-electron chi connectivity index (χ1n) is 6.58. The predicted molar refractivity (Wildman–Crippen MR) is 81.7 cm³/mol. The van der Waals surface area contributed by atoms with Crippen LogP contribution in [0, 0.1) is 0 Å². The highest BCUT2D eigenvalue weighted by Gasteiger charge is 2.14. The molecule has 21 heavy (non-hydrogen) atoms. The monoisotopic (exact) mass is 312 g/mol. The topological polar surface area (TPSA) is 83.0 Å². The summed E-state index contributed by atoms with van der Waals surface area (Å²) in [7, 11) is -1.63. The molecule has 2 rings (SSSR count). The minimum atomic E-state index is -3.28. The summed E-state index contributed by atoms with van der Waals surface area (Å²) >= 11 is 0. The molecular formula is C13H20N4O3S. The maximum absolute atomic E-state index is 11.1. The number of guanidine groups is 1. The molecule has 0 saturated heterocycles. The van der Waals surface area contributed by atoms with Crippen LogP contribution < -0.4 is 14.8 Å². The van der Waals surface area contributed by atoms with Gasteiger partial charge in [-0.05, 0) is 24.1 Å². The SMILES string of the molecule is COc1ccc(CCN2CN=C(NS(C)(=O)=O)NC2)cc1. The van der Waals surface area contributed by atoms with Crippen molar-refractivity contribution in [1.29, 1.82) is 0 Å². The lowest BCUT2D eigenvalue weighted by Crippen LogP contribution is -2.50. The number of rotatable bonds is 5. The van der Waals surface area contributed by atoms with Crippen LogP contribution in [0.1, 0.15) is 5.56 Å². The molecule has 0 aliphatic carbocycles. The Morgan fingerprint density at radius 2 is 2.10 bits per heavy atom. The maximum atomic E-state index is 11.1. The zero-order valence-corrected chi connectivity index (χ0v) is 13.0. The molecule has 0 fully saturated rings. The molecule has 1 aromatic carbocycles. The molecule has 0 aromatic heterocycles. The molecule has 1 aliphatic rings. The highest BCUT2D eigenvalue weighted by molar-refractivity contribution is 7.89. The van der Waals surface area contributed by atoms with Crippen LogP contribution in [-0.2, 0) is 16.4 Å². The van der Waals surface area contributed by atoms with Gasteiger partial charge in [-0.1, -0.05) is 12.1 Å². The van der Waals surface area contributed by atoms with Crippen LogP contribution >= 0.6 is 0 Å². The van der Waals surface area contributed by atoms with Gasteiger partial charge in [0.15, 0.2) is 0 Å². The standard InChI is InChI=1S/C13H20N4O3S/c1-20-12-5-3-11(4-6-12)7-8-17-9-14-13(15-10-17)16-21(2,18)19/h3-6H,7-10H2,1-2H3,(H2,14,15,16). The third kappa shape index (κ3) is 5.24. The Morgan fingerprint density at radius 1 is 1.38 bits per heavy atom. The Labute approximate surface area is 125 Å². The van der Waals surface area contributed by atoms with E-state index in [4.69, 9.17) is 4.74 Å². The summed E-state index contributed by atoms with van der Waals surface area (Å²) in [4.78, 5) is 6.25. The van der Waals surface area contributed by atoms with E-state index in [9.17, 15) is 8.42 Å². The summed E-state index contributed by atoms with van der Waals surface area (Å²) in [6, 6.07) is 7.96. The highest BCUT2D eigenvalue weighted by atomic mass is 32.2. The number of hydrogen-bond donors (Lipinski definition) is 2. The first-order chi connectivity index (χ1) is 9.96. The molecular weight excluding hydrogens is 292 g/mol. The van der Waals surface area contributed by atoms with Crippen LogP contribution in [0.25, 0.3) is 0 Å². The summed E-state index contributed by atoms with van der Waals surface area (Å²) in [6.07, 6.45) is 2.00. The quantitative estimate of drug-likeness (QED) is 0.797. The van der Waals surface area contributed by atoms with Gasteiger partial charge in [0, 0.05) is 6.54 Å². The van der Waals surface area contributed by atoms with Crippen LogP contribution in [0.2, 0.25) is 0 Å². The van der Waals surface area contributed by atoms with Crippen molar-refractivity contribution in [3.05, 3.63) is 29.8 Å². The lowest BCUT2D eigenvalue weighted by molar-refractivity contribution is 0.267. The molecule has 2 N–H and O–H groups in total. The Morgan fingerprint density at radius 3 is 2.62 bits per heavy atom. The molecule has 8 heteroatoms. The molecule has 0 saturated carbocycles. The van der Waals surface area contributed by atoms with E-state index in [2.05, 4.69) is 19.9 Å². The molecule has 1 heterocycles. The summed E-state index contributed by atoms with van der Waals surface area (Å²) in [5.41, 5.74) is 1.22. The van der Waals surface area contributed by atoms with Crippen molar-refractivity contribution in [3.8, 4) is 5.75 Å². The number of nitrogens with one attached hydrogen (secondary N) is 2. The van der Waals surface area contributed by atoms with Crippen molar-refractivity contribution >= 4 is 16.0 Å². The lowest BCUT2D eigenvalue weighted by Gasteiger charge is -2.26. The summed E-state index contributed by atoms with van der Waals surface area (Å²) in [6.45, 7) is 1.88. The second-order valence-corrected chi connectivity index (χ2v) is 6.60. The van der Waals surface area contributed by atoms with Gasteiger partial charge in [-0.2, -0.15) is 0 Å². The Hall–Kier alpha value is -1.80. The van der Waals surface area contributed by atoms with Crippen molar-refractivity contribution in [1.82, 2.24) is 14.9 Å². The molecule has 0 amide bonds. The fraction of sp³-hybridized carbons (Fsp3) is 0.462. The fourth-order valence-electron chi connectivity index (χ4n) is 1.94. The lowest BCUT2D eigenvalue weighted by atomic mass is 10.1. The maximum Gasteiger partial charge on any atom is 0.232 e. The average molecular weight is 312 g/mol. The molecule has 7 nitrogen and oxygen atoms in total. The van der Waals surface area contributed by atoms with E-state index in [1.807, 2.05) is 24.3 Å². The summed E-state index contributed by atoms with van der Waals surface area (Å²) < 4.78 is 29.6. The van der Waals surface area contributed by atoms with Gasteiger partial charge >= 0.3 is 0 Å². The molecule has 0 bridgehead atoms. The number of benzene rings is 1. The largest absolute Gasteiger partial charge is 0.497 e. The fourth-order valence-corrected chi connectivity index (χ4v) is 2.42.